The molecule has 5 aromatic rings. The van der Waals surface area contributed by atoms with Gasteiger partial charge >= 0.3 is 35.8 Å². The first-order valence-corrected chi connectivity index (χ1v) is 31.0. The summed E-state index contributed by atoms with van der Waals surface area (Å²) >= 11 is 0. The Kier molecular flexibility index (Phi) is 20.0. The second-order valence-corrected chi connectivity index (χ2v) is 23.8. The maximum atomic E-state index is 14.0. The summed E-state index contributed by atoms with van der Waals surface area (Å²) in [6.45, 7) is 4.43. The van der Waals surface area contributed by atoms with Gasteiger partial charge in [0.1, 0.15) is 41.0 Å². The Bertz CT molecular complexity index is 3100. The van der Waals surface area contributed by atoms with Crippen molar-refractivity contribution < 1.29 is 57.2 Å². The van der Waals surface area contributed by atoms with Crippen molar-refractivity contribution in [2.45, 2.75) is 180 Å². The first-order chi connectivity index (χ1) is 40.5. The lowest BCUT2D eigenvalue weighted by Gasteiger charge is -2.28. The van der Waals surface area contributed by atoms with Crippen LogP contribution in [0.4, 0.5) is 11.4 Å². The Labute approximate surface area is 487 Å². The molecule has 0 saturated heterocycles. The Morgan fingerprint density at radius 3 is 1.35 bits per heavy atom. The first-order valence-electron chi connectivity index (χ1n) is 31.0. The molecule has 1 aliphatic heterocycles. The first kappa shape index (κ1) is 58.8. The van der Waals surface area contributed by atoms with Crippen LogP contribution in [0.2, 0.25) is 0 Å². The number of aliphatic imine (C=N–C) groups is 1. The van der Waals surface area contributed by atoms with E-state index in [9.17, 15) is 28.8 Å². The average Bonchev–Trinajstić information content (AvgIpc) is 3.68. The van der Waals surface area contributed by atoms with Crippen molar-refractivity contribution >= 4 is 63.8 Å². The summed E-state index contributed by atoms with van der Waals surface area (Å²) in [5, 5.41) is 5.40. The number of hydrogen-bond acceptors (Lipinski definition) is 14. The molecule has 14 nitrogen and oxygen atoms in total. The van der Waals surface area contributed by atoms with Gasteiger partial charge in [0, 0.05) is 11.1 Å². The molecule has 0 bridgehead atoms. The number of hydrogen-bond donors (Lipinski definition) is 1. The molecule has 438 valence electrons. The standard InChI is InChI=1S/C69H80N2O12/c1-3-5-7-11-44-17-21-47(22-18-44)64(72)78-53-33-25-49(26-34-53)66(74)80-55-37-29-51(30-38-55)68(76)82-57-41-42-61(58(43-57)63-70-59-15-9-13-46-14-10-16-60(71-63)62(46)59)83-69(77)52-31-39-56(40-32-52)81-67(75)50-27-35-54(36-28-50)79-65(73)48-23-19-45(20-24-48)12-8-6-4-2/h9-10,13-16,25-28,33-36,41-45,47-48,51-52,55-56H,3-8,11-12,17-24,29-32,37-40H2,1-2H3,(H,70,71)/t44-,45-,47-,48-,51?,52?,55?,56?. The number of carbonyl (C=O) groups excluding carboxylic acids is 6. The number of amidine groups is 1. The molecular weight excluding hydrogens is 1050 g/mol. The largest absolute Gasteiger partial charge is 0.459 e. The molecule has 83 heavy (non-hydrogen) atoms. The van der Waals surface area contributed by atoms with Gasteiger partial charge in [-0.3, -0.25) is 19.2 Å². The Balaban J connectivity index is 0.703. The number of nitrogens with zero attached hydrogens (tertiary/aromatic N) is 1. The average molecular weight is 1130 g/mol. The number of nitrogens with one attached hydrogen (secondary N) is 1. The van der Waals surface area contributed by atoms with Gasteiger partial charge in [0.2, 0.25) is 0 Å². The number of anilines is 1. The van der Waals surface area contributed by atoms with Crippen LogP contribution in [-0.4, -0.2) is 53.9 Å². The van der Waals surface area contributed by atoms with Crippen molar-refractivity contribution in [1.82, 2.24) is 0 Å². The van der Waals surface area contributed by atoms with E-state index in [0.29, 0.717) is 97.2 Å². The summed E-state index contributed by atoms with van der Waals surface area (Å²) in [6.07, 6.45) is 20.5. The van der Waals surface area contributed by atoms with E-state index >= 15 is 0 Å². The van der Waals surface area contributed by atoms with Crippen LogP contribution >= 0.6 is 0 Å². The van der Waals surface area contributed by atoms with Crippen LogP contribution in [0.3, 0.4) is 0 Å². The maximum Gasteiger partial charge on any atom is 0.338 e. The Morgan fingerprint density at radius 2 is 0.880 bits per heavy atom. The highest BCUT2D eigenvalue weighted by Crippen LogP contribution is 2.40. The third kappa shape index (κ3) is 15.5. The van der Waals surface area contributed by atoms with Crippen LogP contribution in [0, 0.1) is 35.5 Å². The zero-order valence-corrected chi connectivity index (χ0v) is 48.3. The molecule has 0 amide bonds. The molecule has 0 aromatic heterocycles. The minimum Gasteiger partial charge on any atom is -0.459 e. The highest BCUT2D eigenvalue weighted by Gasteiger charge is 2.34. The summed E-state index contributed by atoms with van der Waals surface area (Å²) < 4.78 is 35.5. The topological polar surface area (TPSA) is 182 Å². The van der Waals surface area contributed by atoms with Gasteiger partial charge in [0.05, 0.1) is 46.0 Å². The van der Waals surface area contributed by atoms with E-state index in [4.69, 9.17) is 33.4 Å². The molecule has 5 aliphatic rings. The van der Waals surface area contributed by atoms with Crippen molar-refractivity contribution in [3.8, 4) is 23.0 Å². The zero-order valence-electron chi connectivity index (χ0n) is 48.3. The van der Waals surface area contributed by atoms with Crippen LogP contribution in [0.25, 0.3) is 10.8 Å². The van der Waals surface area contributed by atoms with E-state index in [-0.39, 0.29) is 47.5 Å². The van der Waals surface area contributed by atoms with E-state index in [0.717, 1.165) is 73.5 Å². The summed E-state index contributed by atoms with van der Waals surface area (Å²) in [5.74, 6) is -0.205. The number of benzene rings is 5. The van der Waals surface area contributed by atoms with Crippen LogP contribution in [0.1, 0.15) is 194 Å². The fourth-order valence-corrected chi connectivity index (χ4v) is 12.9. The number of rotatable bonds is 21. The second kappa shape index (κ2) is 28.3. The molecule has 4 fully saturated rings. The van der Waals surface area contributed by atoms with E-state index in [2.05, 4.69) is 19.2 Å². The zero-order chi connectivity index (χ0) is 57.7. The number of unbranched alkanes of at least 4 members (excludes halogenated alkanes) is 4. The summed E-state index contributed by atoms with van der Waals surface area (Å²) in [5.41, 5.74) is 2.69. The van der Waals surface area contributed by atoms with Crippen molar-refractivity contribution in [2.24, 2.45) is 40.5 Å². The van der Waals surface area contributed by atoms with Crippen LogP contribution in [-0.2, 0) is 28.7 Å². The highest BCUT2D eigenvalue weighted by atomic mass is 16.6. The molecular formula is C69H80N2O12. The fraction of sp³-hybridized carbons (Fsp3) is 0.493. The number of carbonyl (C=O) groups is 6. The lowest BCUT2D eigenvalue weighted by molar-refractivity contribution is -0.141. The highest BCUT2D eigenvalue weighted by molar-refractivity contribution is 6.20. The SMILES string of the molecule is CCCCC[C@H]1CC[C@H](C(=O)Oc2ccc(C(=O)OC3CCC(C(=O)Oc4ccc(OC(=O)C5CCC(OC(=O)c6ccc(OC(=O)[C@H]7CC[C@H](CCCCC)CC7)cc6)CC5)c(C5=Nc6cccc7cccc(c67)N5)c4)CC3)cc2)CC1. The molecule has 0 radical (unpaired) electrons. The van der Waals surface area contributed by atoms with Crippen molar-refractivity contribution in [3.05, 3.63) is 120 Å². The molecule has 5 aromatic carbocycles. The summed E-state index contributed by atoms with van der Waals surface area (Å²) in [7, 11) is 0. The molecule has 0 unspecified atom stereocenters. The smallest absolute Gasteiger partial charge is 0.338 e. The van der Waals surface area contributed by atoms with Crippen molar-refractivity contribution in [3.63, 3.8) is 0 Å². The Morgan fingerprint density at radius 1 is 0.458 bits per heavy atom. The third-order valence-electron chi connectivity index (χ3n) is 18.0. The lowest BCUT2D eigenvalue weighted by Crippen LogP contribution is -2.31. The van der Waals surface area contributed by atoms with Crippen LogP contribution in [0.15, 0.2) is 108 Å². The van der Waals surface area contributed by atoms with Crippen LogP contribution in [0.5, 0.6) is 23.0 Å². The molecule has 0 atom stereocenters. The van der Waals surface area contributed by atoms with Gasteiger partial charge in [0.25, 0.3) is 0 Å². The molecule has 1 N–H and O–H groups in total. The van der Waals surface area contributed by atoms with E-state index in [1.54, 1.807) is 66.7 Å². The predicted octanol–water partition coefficient (Wildman–Crippen LogP) is 15.6. The summed E-state index contributed by atoms with van der Waals surface area (Å²) in [6, 6.07) is 29.7. The number of ether oxygens (including phenoxy) is 6. The van der Waals surface area contributed by atoms with E-state index < -0.39 is 35.7 Å². The molecule has 14 heteroatoms. The minimum atomic E-state index is -0.479. The van der Waals surface area contributed by atoms with Gasteiger partial charge in [-0.25, -0.2) is 14.6 Å². The normalized spacial score (nSPS) is 23.1. The van der Waals surface area contributed by atoms with Crippen LogP contribution < -0.4 is 24.3 Å². The Hall–Kier alpha value is -7.35. The predicted molar refractivity (Wildman–Crippen MR) is 317 cm³/mol. The maximum absolute atomic E-state index is 14.0. The quantitative estimate of drug-likeness (QED) is 0.0417. The molecule has 0 spiro atoms. The molecule has 4 aliphatic carbocycles. The minimum absolute atomic E-state index is 0.0986. The third-order valence-corrected chi connectivity index (χ3v) is 18.0. The van der Waals surface area contributed by atoms with Crippen molar-refractivity contribution in [2.75, 3.05) is 5.32 Å². The molecule has 10 rings (SSSR count). The molecule has 4 saturated carbocycles. The van der Waals surface area contributed by atoms with Crippen molar-refractivity contribution in [1.29, 1.82) is 0 Å². The monoisotopic (exact) mass is 1130 g/mol. The second-order valence-electron chi connectivity index (χ2n) is 23.8. The van der Waals surface area contributed by atoms with Gasteiger partial charge in [-0.1, -0.05) is 89.5 Å². The van der Waals surface area contributed by atoms with E-state index in [1.165, 1.54) is 51.4 Å². The van der Waals surface area contributed by atoms with E-state index in [1.807, 2.05) is 36.4 Å². The van der Waals surface area contributed by atoms with Gasteiger partial charge in [-0.15, -0.1) is 0 Å². The van der Waals surface area contributed by atoms with Gasteiger partial charge in [-0.05, 0) is 199 Å². The van der Waals surface area contributed by atoms with Gasteiger partial charge < -0.3 is 33.7 Å². The fourth-order valence-electron chi connectivity index (χ4n) is 12.9. The number of esters is 6. The molecule has 1 heterocycles. The van der Waals surface area contributed by atoms with Gasteiger partial charge in [-0.2, -0.15) is 0 Å². The lowest BCUT2D eigenvalue weighted by atomic mass is 9.80. The summed E-state index contributed by atoms with van der Waals surface area (Å²) in [4.78, 5) is 85.2. The van der Waals surface area contributed by atoms with Gasteiger partial charge in [0.15, 0.2) is 0 Å².